The fourth-order valence-corrected chi connectivity index (χ4v) is 2.72. The normalized spacial score (nSPS) is 25.2. The van der Waals surface area contributed by atoms with Crippen LogP contribution in [-0.4, -0.2) is 30.4 Å². The predicted octanol–water partition coefficient (Wildman–Crippen LogP) is 2.66. The molecule has 1 aliphatic carbocycles. The number of hydrogen-bond donors (Lipinski definition) is 2. The fraction of sp³-hybridized carbons (Fsp3) is 0.625. The molecule has 1 unspecified atom stereocenters. The Kier molecular flexibility index (Phi) is 5.83. The Balaban J connectivity index is 1.69. The van der Waals surface area contributed by atoms with Crippen LogP contribution in [0.5, 0.6) is 0 Å². The Morgan fingerprint density at radius 3 is 2.53 bits per heavy atom. The molecule has 1 aliphatic rings. The number of rotatable bonds is 6. The van der Waals surface area contributed by atoms with Crippen molar-refractivity contribution < 1.29 is 9.84 Å². The van der Waals surface area contributed by atoms with E-state index in [-0.39, 0.29) is 0 Å². The third-order valence-corrected chi connectivity index (χ3v) is 3.84. The zero-order chi connectivity index (χ0) is 13.5. The molecule has 19 heavy (non-hydrogen) atoms. The van der Waals surface area contributed by atoms with E-state index >= 15 is 0 Å². The van der Waals surface area contributed by atoms with Crippen molar-refractivity contribution >= 4 is 0 Å². The first-order valence-corrected chi connectivity index (χ1v) is 7.37. The van der Waals surface area contributed by atoms with E-state index in [4.69, 9.17) is 4.74 Å². The molecule has 0 amide bonds. The van der Waals surface area contributed by atoms with E-state index in [1.165, 1.54) is 12.8 Å². The van der Waals surface area contributed by atoms with Crippen LogP contribution in [0.25, 0.3) is 0 Å². The zero-order valence-corrected chi connectivity index (χ0v) is 11.7. The van der Waals surface area contributed by atoms with Crippen molar-refractivity contribution in [1.29, 1.82) is 0 Å². The molecule has 0 aromatic heterocycles. The highest BCUT2D eigenvalue weighted by Gasteiger charge is 2.21. The number of ether oxygens (including phenoxy) is 1. The van der Waals surface area contributed by atoms with Gasteiger partial charge in [-0.15, -0.1) is 0 Å². The van der Waals surface area contributed by atoms with E-state index in [9.17, 15) is 5.11 Å². The molecule has 3 heteroatoms. The molecule has 0 radical (unpaired) electrons. The van der Waals surface area contributed by atoms with Gasteiger partial charge in [-0.25, -0.2) is 0 Å². The monoisotopic (exact) mass is 263 g/mol. The van der Waals surface area contributed by atoms with Crippen LogP contribution < -0.4 is 5.32 Å². The summed E-state index contributed by atoms with van der Waals surface area (Å²) in [6.45, 7) is 3.60. The van der Waals surface area contributed by atoms with Gasteiger partial charge in [0.2, 0.25) is 0 Å². The maximum absolute atomic E-state index is 10.1. The topological polar surface area (TPSA) is 41.5 Å². The molecule has 0 spiro atoms. The summed E-state index contributed by atoms with van der Waals surface area (Å²) >= 11 is 0. The van der Waals surface area contributed by atoms with Gasteiger partial charge >= 0.3 is 0 Å². The van der Waals surface area contributed by atoms with Crippen molar-refractivity contribution in [2.45, 2.75) is 50.9 Å². The SMILES string of the molecule is CCNC1CCC(OCC(O)c2ccccc2)CC1. The van der Waals surface area contributed by atoms with Crippen LogP contribution in [0.1, 0.15) is 44.3 Å². The Morgan fingerprint density at radius 1 is 1.21 bits per heavy atom. The van der Waals surface area contributed by atoms with Gasteiger partial charge in [-0.3, -0.25) is 0 Å². The lowest BCUT2D eigenvalue weighted by Gasteiger charge is -2.29. The van der Waals surface area contributed by atoms with Crippen molar-refractivity contribution in [3.63, 3.8) is 0 Å². The second-order valence-electron chi connectivity index (χ2n) is 5.29. The van der Waals surface area contributed by atoms with Crippen LogP contribution in [-0.2, 0) is 4.74 Å². The van der Waals surface area contributed by atoms with E-state index in [1.54, 1.807) is 0 Å². The lowest BCUT2D eigenvalue weighted by molar-refractivity contribution is -0.0276. The van der Waals surface area contributed by atoms with Crippen LogP contribution in [0.15, 0.2) is 30.3 Å². The van der Waals surface area contributed by atoms with Gasteiger partial charge in [-0.2, -0.15) is 0 Å². The summed E-state index contributed by atoms with van der Waals surface area (Å²) in [6.07, 6.45) is 4.36. The van der Waals surface area contributed by atoms with Crippen molar-refractivity contribution in [1.82, 2.24) is 5.32 Å². The van der Waals surface area contributed by atoms with Gasteiger partial charge in [0.15, 0.2) is 0 Å². The molecule has 1 fully saturated rings. The van der Waals surface area contributed by atoms with Gasteiger partial charge in [0, 0.05) is 6.04 Å². The highest BCUT2D eigenvalue weighted by Crippen LogP contribution is 2.23. The van der Waals surface area contributed by atoms with E-state index in [0.717, 1.165) is 24.9 Å². The lowest BCUT2D eigenvalue weighted by atomic mass is 9.93. The number of aliphatic hydroxyl groups excluding tert-OH is 1. The van der Waals surface area contributed by atoms with Gasteiger partial charge in [-0.1, -0.05) is 37.3 Å². The second kappa shape index (κ2) is 7.63. The van der Waals surface area contributed by atoms with E-state index in [2.05, 4.69) is 12.2 Å². The maximum Gasteiger partial charge on any atom is 0.102 e. The van der Waals surface area contributed by atoms with E-state index in [0.29, 0.717) is 18.8 Å². The third kappa shape index (κ3) is 4.60. The number of aliphatic hydroxyl groups is 1. The van der Waals surface area contributed by atoms with E-state index < -0.39 is 6.10 Å². The standard InChI is InChI=1S/C16H25NO2/c1-2-17-14-8-10-15(11-9-14)19-12-16(18)13-6-4-3-5-7-13/h3-7,14-18H,2,8-12H2,1H3. The van der Waals surface area contributed by atoms with Crippen molar-refractivity contribution in [3.8, 4) is 0 Å². The average Bonchev–Trinajstić information content (AvgIpc) is 2.47. The zero-order valence-electron chi connectivity index (χ0n) is 11.7. The Hall–Kier alpha value is -0.900. The van der Waals surface area contributed by atoms with Crippen LogP contribution in [0, 0.1) is 0 Å². The summed E-state index contributed by atoms with van der Waals surface area (Å²) in [5.74, 6) is 0. The summed E-state index contributed by atoms with van der Waals surface area (Å²) in [7, 11) is 0. The Morgan fingerprint density at radius 2 is 1.89 bits per heavy atom. The van der Waals surface area contributed by atoms with Crippen LogP contribution in [0.2, 0.25) is 0 Å². The van der Waals surface area contributed by atoms with Gasteiger partial charge in [0.05, 0.1) is 12.7 Å². The molecule has 1 atom stereocenters. The van der Waals surface area contributed by atoms with Crippen molar-refractivity contribution in [3.05, 3.63) is 35.9 Å². The maximum atomic E-state index is 10.1. The molecule has 0 aliphatic heterocycles. The average molecular weight is 263 g/mol. The summed E-state index contributed by atoms with van der Waals surface area (Å²) in [5.41, 5.74) is 0.934. The minimum absolute atomic E-state index is 0.313. The molecule has 0 bridgehead atoms. The van der Waals surface area contributed by atoms with Crippen molar-refractivity contribution in [2.75, 3.05) is 13.2 Å². The van der Waals surface area contributed by atoms with Gasteiger partial charge in [0.1, 0.15) is 6.10 Å². The first-order valence-electron chi connectivity index (χ1n) is 7.37. The minimum Gasteiger partial charge on any atom is -0.386 e. The molecule has 2 N–H and O–H groups in total. The summed E-state index contributed by atoms with van der Waals surface area (Å²) in [4.78, 5) is 0. The number of hydrogen-bond acceptors (Lipinski definition) is 3. The largest absolute Gasteiger partial charge is 0.386 e. The highest BCUT2D eigenvalue weighted by molar-refractivity contribution is 5.17. The highest BCUT2D eigenvalue weighted by atomic mass is 16.5. The summed E-state index contributed by atoms with van der Waals surface area (Å²) in [5, 5.41) is 13.5. The predicted molar refractivity (Wildman–Crippen MR) is 77.1 cm³/mol. The first kappa shape index (κ1) is 14.5. The number of nitrogens with one attached hydrogen (secondary N) is 1. The molecular weight excluding hydrogens is 238 g/mol. The van der Waals surface area contributed by atoms with Gasteiger partial charge in [-0.05, 0) is 37.8 Å². The second-order valence-corrected chi connectivity index (χ2v) is 5.29. The molecule has 2 rings (SSSR count). The van der Waals surface area contributed by atoms with Crippen LogP contribution in [0.4, 0.5) is 0 Å². The fourth-order valence-electron chi connectivity index (χ4n) is 2.72. The van der Waals surface area contributed by atoms with Crippen molar-refractivity contribution in [2.24, 2.45) is 0 Å². The summed E-state index contributed by atoms with van der Waals surface area (Å²) in [6, 6.07) is 10.4. The number of benzene rings is 1. The molecule has 3 nitrogen and oxygen atoms in total. The van der Waals surface area contributed by atoms with Crippen LogP contribution in [0.3, 0.4) is 0 Å². The molecule has 1 aromatic carbocycles. The summed E-state index contributed by atoms with van der Waals surface area (Å²) < 4.78 is 5.85. The molecule has 1 saturated carbocycles. The Bertz CT molecular complexity index is 347. The third-order valence-electron chi connectivity index (χ3n) is 3.84. The molecule has 0 saturated heterocycles. The molecule has 106 valence electrons. The molecule has 0 heterocycles. The minimum atomic E-state index is -0.507. The smallest absolute Gasteiger partial charge is 0.102 e. The van der Waals surface area contributed by atoms with Gasteiger partial charge in [0.25, 0.3) is 0 Å². The lowest BCUT2D eigenvalue weighted by Crippen LogP contribution is -2.35. The molecule has 1 aromatic rings. The Labute approximate surface area is 116 Å². The van der Waals surface area contributed by atoms with E-state index in [1.807, 2.05) is 30.3 Å². The quantitative estimate of drug-likeness (QED) is 0.829. The van der Waals surface area contributed by atoms with Crippen LogP contribution >= 0.6 is 0 Å². The first-order chi connectivity index (χ1) is 9.29. The van der Waals surface area contributed by atoms with Gasteiger partial charge < -0.3 is 15.2 Å². The molecular formula is C16H25NO2.